The third kappa shape index (κ3) is 5.60. The summed E-state index contributed by atoms with van der Waals surface area (Å²) in [6.45, 7) is 2.63. The van der Waals surface area contributed by atoms with Gasteiger partial charge in [0, 0.05) is 0 Å². The summed E-state index contributed by atoms with van der Waals surface area (Å²) in [5.41, 5.74) is -1.17. The van der Waals surface area contributed by atoms with Crippen molar-refractivity contribution in [2.24, 2.45) is 0 Å². The monoisotopic (exact) mass is 535 g/mol. The summed E-state index contributed by atoms with van der Waals surface area (Å²) in [4.78, 5) is 37.7. The average Bonchev–Trinajstić information content (AvgIpc) is 2.72. The van der Waals surface area contributed by atoms with Gasteiger partial charge in [0.1, 0.15) is 12.3 Å². The van der Waals surface area contributed by atoms with Gasteiger partial charge in [0.15, 0.2) is 11.5 Å². The minimum atomic E-state index is -1.07. The first-order chi connectivity index (χ1) is 14.9. The maximum Gasteiger partial charge on any atom is 0.357 e. The van der Waals surface area contributed by atoms with Crippen molar-refractivity contribution in [3.05, 3.63) is 93.8 Å². The lowest BCUT2D eigenvalue weighted by molar-refractivity contribution is -0.386. The summed E-state index contributed by atoms with van der Waals surface area (Å²) in [5.74, 6) is 1.10. The molecule has 0 aliphatic rings. The fraction of sp³-hybridized carbons (Fsp3) is 0.143. The topological polar surface area (TPSA) is 127 Å². The fourth-order valence-corrected chi connectivity index (χ4v) is 3.58. The van der Waals surface area contributed by atoms with Crippen LogP contribution in [0.2, 0.25) is 0 Å². The molecule has 1 heterocycles. The number of ether oxygens (including phenoxy) is 2. The van der Waals surface area contributed by atoms with Gasteiger partial charge in [0.25, 0.3) is 0 Å². The van der Waals surface area contributed by atoms with Gasteiger partial charge in [-0.2, -0.15) is 0 Å². The number of halogens is 1. The molecule has 0 aliphatic heterocycles. The number of aromatic nitrogens is 2. The Morgan fingerprint density at radius 3 is 2.52 bits per heavy atom. The smallest absolute Gasteiger partial charge is 0.357 e. The molecule has 0 amide bonds. The highest BCUT2D eigenvalue weighted by Gasteiger charge is 2.19. The molecular formula is C21H18IN3O6. The fourth-order valence-electron chi connectivity index (χ4n) is 2.80. The van der Waals surface area contributed by atoms with Gasteiger partial charge in [0.2, 0.25) is 0 Å². The van der Waals surface area contributed by atoms with Crippen molar-refractivity contribution < 1.29 is 14.4 Å². The number of benzene rings is 2. The molecule has 2 aromatic carbocycles. The average molecular weight is 535 g/mol. The molecule has 3 aromatic rings. The zero-order chi connectivity index (χ0) is 22.4. The normalized spacial score (nSPS) is 10.9. The second-order valence-electron chi connectivity index (χ2n) is 6.30. The minimum absolute atomic E-state index is 0.198. The summed E-state index contributed by atoms with van der Waals surface area (Å²) in [7, 11) is 0. The van der Waals surface area contributed by atoms with Crippen LogP contribution >= 0.6 is 22.6 Å². The molecule has 3 rings (SSSR count). The van der Waals surface area contributed by atoms with Crippen LogP contribution in [0.15, 0.2) is 52.1 Å². The van der Waals surface area contributed by atoms with E-state index < -0.39 is 21.9 Å². The van der Waals surface area contributed by atoms with Crippen LogP contribution in [0, 0.1) is 13.7 Å². The van der Waals surface area contributed by atoms with E-state index in [0.29, 0.717) is 30.3 Å². The zero-order valence-corrected chi connectivity index (χ0v) is 18.5. The molecule has 160 valence electrons. The summed E-state index contributed by atoms with van der Waals surface area (Å²) in [6, 6.07) is 13.2. The molecule has 0 atom stereocenters. The molecule has 0 aliphatic carbocycles. The predicted molar refractivity (Wildman–Crippen MR) is 124 cm³/mol. The van der Waals surface area contributed by atoms with E-state index in [-0.39, 0.29) is 5.69 Å². The largest absolute Gasteiger partial charge is 0.490 e. The van der Waals surface area contributed by atoms with Gasteiger partial charge in [-0.3, -0.25) is 19.9 Å². The van der Waals surface area contributed by atoms with Crippen LogP contribution in [0.25, 0.3) is 12.2 Å². The minimum Gasteiger partial charge on any atom is -0.490 e. The van der Waals surface area contributed by atoms with E-state index >= 15 is 0 Å². The molecule has 2 N–H and O–H groups in total. The molecule has 0 fully saturated rings. The van der Waals surface area contributed by atoms with Gasteiger partial charge < -0.3 is 14.5 Å². The first-order valence-electron chi connectivity index (χ1n) is 9.21. The van der Waals surface area contributed by atoms with Gasteiger partial charge in [0.05, 0.1) is 15.1 Å². The van der Waals surface area contributed by atoms with Crippen molar-refractivity contribution in [1.82, 2.24) is 9.97 Å². The van der Waals surface area contributed by atoms with Gasteiger partial charge in [-0.05, 0) is 58.9 Å². The Balaban J connectivity index is 1.94. The van der Waals surface area contributed by atoms with Crippen LogP contribution in [0.3, 0.4) is 0 Å². The van der Waals surface area contributed by atoms with Crippen LogP contribution in [0.4, 0.5) is 5.69 Å². The summed E-state index contributed by atoms with van der Waals surface area (Å²) in [5, 5.41) is 11.2. The van der Waals surface area contributed by atoms with Crippen molar-refractivity contribution in [1.29, 1.82) is 0 Å². The summed E-state index contributed by atoms with van der Waals surface area (Å²) < 4.78 is 12.5. The van der Waals surface area contributed by atoms with Crippen molar-refractivity contribution in [3.63, 3.8) is 0 Å². The van der Waals surface area contributed by atoms with Crippen LogP contribution in [0.5, 0.6) is 11.5 Å². The number of rotatable bonds is 8. The van der Waals surface area contributed by atoms with Crippen LogP contribution in [-0.4, -0.2) is 21.5 Å². The summed E-state index contributed by atoms with van der Waals surface area (Å²) in [6.07, 6.45) is 2.85. The summed E-state index contributed by atoms with van der Waals surface area (Å²) >= 11 is 2.12. The lowest BCUT2D eigenvalue weighted by Crippen LogP contribution is -2.25. The van der Waals surface area contributed by atoms with Crippen LogP contribution in [-0.2, 0) is 6.61 Å². The highest BCUT2D eigenvalue weighted by Crippen LogP contribution is 2.35. The number of nitrogens with one attached hydrogen (secondary N) is 2. The highest BCUT2D eigenvalue weighted by molar-refractivity contribution is 14.1. The Morgan fingerprint density at radius 1 is 1.10 bits per heavy atom. The van der Waals surface area contributed by atoms with E-state index in [1.165, 1.54) is 6.08 Å². The number of H-pyrrole nitrogens is 2. The predicted octanol–water partition coefficient (Wildman–Crippen LogP) is 3.72. The molecule has 0 radical (unpaired) electrons. The second kappa shape index (κ2) is 10.1. The van der Waals surface area contributed by atoms with E-state index in [2.05, 4.69) is 27.6 Å². The van der Waals surface area contributed by atoms with Crippen molar-refractivity contribution in [2.75, 3.05) is 6.61 Å². The maximum absolute atomic E-state index is 11.8. The molecule has 0 spiro atoms. The van der Waals surface area contributed by atoms with Gasteiger partial charge in [-0.25, -0.2) is 4.79 Å². The quantitative estimate of drug-likeness (QED) is 0.257. The van der Waals surface area contributed by atoms with E-state index in [1.54, 1.807) is 18.2 Å². The molecule has 0 saturated heterocycles. The molecule has 0 saturated carbocycles. The van der Waals surface area contributed by atoms with E-state index in [9.17, 15) is 19.7 Å². The zero-order valence-electron chi connectivity index (χ0n) is 16.4. The first-order valence-corrected chi connectivity index (χ1v) is 10.3. The van der Waals surface area contributed by atoms with E-state index in [4.69, 9.17) is 9.47 Å². The third-order valence-electron chi connectivity index (χ3n) is 4.13. The molecule has 31 heavy (non-hydrogen) atoms. The molecule has 1 aromatic heterocycles. The molecule has 10 heteroatoms. The molecular weight excluding hydrogens is 517 g/mol. The van der Waals surface area contributed by atoms with Gasteiger partial charge in [-0.15, -0.1) is 0 Å². The Bertz CT molecular complexity index is 1230. The van der Waals surface area contributed by atoms with Crippen LogP contribution < -0.4 is 20.7 Å². The molecule has 0 unspecified atom stereocenters. The SMILES string of the molecule is CCOc1cc(C=Cc2[nH]c(=O)[nH]c(=O)c2[N+](=O)[O-])cc(I)c1OCc1ccccc1. The maximum atomic E-state index is 11.8. The number of nitrogens with zero attached hydrogens (tertiary/aromatic N) is 1. The van der Waals surface area contributed by atoms with Crippen molar-refractivity contribution in [2.45, 2.75) is 13.5 Å². The Kier molecular flexibility index (Phi) is 7.23. The van der Waals surface area contributed by atoms with Gasteiger partial charge >= 0.3 is 16.9 Å². The third-order valence-corrected chi connectivity index (χ3v) is 4.93. The lowest BCUT2D eigenvalue weighted by atomic mass is 10.1. The lowest BCUT2D eigenvalue weighted by Gasteiger charge is -2.15. The van der Waals surface area contributed by atoms with E-state index in [0.717, 1.165) is 9.13 Å². The van der Waals surface area contributed by atoms with Crippen molar-refractivity contribution >= 4 is 40.4 Å². The van der Waals surface area contributed by atoms with Crippen molar-refractivity contribution in [3.8, 4) is 11.5 Å². The first kappa shape index (κ1) is 22.3. The molecule has 9 nitrogen and oxygen atoms in total. The van der Waals surface area contributed by atoms with E-state index in [1.807, 2.05) is 42.2 Å². The van der Waals surface area contributed by atoms with Crippen LogP contribution in [0.1, 0.15) is 23.7 Å². The highest BCUT2D eigenvalue weighted by atomic mass is 127. The number of aromatic amines is 2. The Hall–Kier alpha value is -3.41. The number of hydrogen-bond acceptors (Lipinski definition) is 6. The molecule has 0 bridgehead atoms. The van der Waals surface area contributed by atoms with Gasteiger partial charge in [-0.1, -0.05) is 36.4 Å². The Morgan fingerprint density at radius 2 is 1.84 bits per heavy atom. The standard InChI is InChI=1S/C21H18IN3O6/c1-2-30-17-11-14(8-9-16-18(25(28)29)20(26)24-21(27)23-16)10-15(22)19(17)31-12-13-6-4-3-5-7-13/h3-11H,2,12H2,1H3,(H2,23,24,26,27). The number of nitro groups is 1. The second-order valence-corrected chi connectivity index (χ2v) is 7.46. The Labute approximate surface area is 190 Å². The number of hydrogen-bond donors (Lipinski definition) is 2.